The minimum atomic E-state index is -4.52. The van der Waals surface area contributed by atoms with E-state index >= 15 is 0 Å². The molecule has 0 saturated carbocycles. The number of hydrogen-bond acceptors (Lipinski definition) is 5. The summed E-state index contributed by atoms with van der Waals surface area (Å²) >= 11 is 6.21. The Hall–Kier alpha value is -3.23. The Kier molecular flexibility index (Phi) is 11.1. The van der Waals surface area contributed by atoms with Crippen molar-refractivity contribution in [2.75, 3.05) is 33.9 Å². The van der Waals surface area contributed by atoms with Crippen LogP contribution in [0.2, 0.25) is 5.02 Å². The Morgan fingerprint density at radius 3 is 2.56 bits per heavy atom. The average Bonchev–Trinajstić information content (AvgIpc) is 2.91. The lowest BCUT2D eigenvalue weighted by Crippen LogP contribution is -2.29. The maximum atomic E-state index is 13.4. The van der Waals surface area contributed by atoms with Crippen molar-refractivity contribution in [3.8, 4) is 5.75 Å². The second kappa shape index (κ2) is 14.2. The molecule has 9 heteroatoms. The molecule has 0 aromatic heterocycles. The first-order chi connectivity index (χ1) is 18.6. The fourth-order valence-electron chi connectivity index (χ4n) is 4.30. The summed E-state index contributed by atoms with van der Waals surface area (Å²) in [4.78, 5) is 13.6. The number of hydrogen-bond donors (Lipinski definition) is 0. The van der Waals surface area contributed by atoms with Crippen LogP contribution in [0, 0.1) is 0 Å². The van der Waals surface area contributed by atoms with Crippen molar-refractivity contribution < 1.29 is 32.2 Å². The lowest BCUT2D eigenvalue weighted by atomic mass is 10.00. The number of halogens is 4. The highest BCUT2D eigenvalue weighted by Gasteiger charge is 2.34. The van der Waals surface area contributed by atoms with E-state index in [0.29, 0.717) is 43.9 Å². The number of benzene rings is 2. The summed E-state index contributed by atoms with van der Waals surface area (Å²) in [5.74, 6) is 1.07. The summed E-state index contributed by atoms with van der Waals surface area (Å²) in [6.07, 6.45) is 3.69. The Morgan fingerprint density at radius 2 is 1.90 bits per heavy atom. The van der Waals surface area contributed by atoms with Gasteiger partial charge in [-0.3, -0.25) is 4.90 Å². The van der Waals surface area contributed by atoms with E-state index in [4.69, 9.17) is 21.1 Å². The molecule has 0 spiro atoms. The van der Waals surface area contributed by atoms with Crippen LogP contribution in [-0.2, 0) is 27.0 Å². The zero-order chi connectivity index (χ0) is 28.4. The second-order valence-electron chi connectivity index (χ2n) is 9.28. The molecule has 39 heavy (non-hydrogen) atoms. The molecule has 3 rings (SSSR count). The third kappa shape index (κ3) is 9.18. The first-order valence-corrected chi connectivity index (χ1v) is 13.0. The quantitative estimate of drug-likeness (QED) is 0.154. The molecule has 0 radical (unpaired) electrons. The average molecular weight is 564 g/mol. The van der Waals surface area contributed by atoms with E-state index in [9.17, 15) is 18.0 Å². The zero-order valence-electron chi connectivity index (χ0n) is 22.3. The molecule has 0 heterocycles. The van der Waals surface area contributed by atoms with E-state index in [-0.39, 0.29) is 17.5 Å². The summed E-state index contributed by atoms with van der Waals surface area (Å²) in [5.41, 5.74) is 1.47. The van der Waals surface area contributed by atoms with Crippen molar-refractivity contribution in [2.24, 2.45) is 0 Å². The summed E-state index contributed by atoms with van der Waals surface area (Å²) in [5, 5.41) is -0.272. The molecule has 2 aromatic carbocycles. The topological polar surface area (TPSA) is 48.0 Å². The lowest BCUT2D eigenvalue weighted by molar-refractivity contribution is -0.137. The number of ether oxygens (including phenoxy) is 3. The van der Waals surface area contributed by atoms with Gasteiger partial charge < -0.3 is 14.2 Å². The van der Waals surface area contributed by atoms with E-state index in [1.54, 1.807) is 19.3 Å². The van der Waals surface area contributed by atoms with Crippen molar-refractivity contribution in [3.05, 3.63) is 99.8 Å². The van der Waals surface area contributed by atoms with Gasteiger partial charge in [0.2, 0.25) is 0 Å². The molecule has 0 bridgehead atoms. The van der Waals surface area contributed by atoms with Crippen molar-refractivity contribution in [3.63, 3.8) is 0 Å². The molecule has 1 aliphatic rings. The van der Waals surface area contributed by atoms with Gasteiger partial charge in [-0.25, -0.2) is 4.79 Å². The van der Waals surface area contributed by atoms with Crippen molar-refractivity contribution in [2.45, 2.75) is 38.4 Å². The van der Waals surface area contributed by atoms with Gasteiger partial charge in [0.05, 0.1) is 31.4 Å². The third-order valence-electron chi connectivity index (χ3n) is 6.35. The smallest absolute Gasteiger partial charge is 0.417 e. The van der Waals surface area contributed by atoms with Crippen molar-refractivity contribution in [1.29, 1.82) is 0 Å². The number of carbonyl (C=O) groups is 1. The van der Waals surface area contributed by atoms with E-state index in [0.717, 1.165) is 23.0 Å². The summed E-state index contributed by atoms with van der Waals surface area (Å²) in [7, 11) is 2.93. The van der Waals surface area contributed by atoms with E-state index in [1.165, 1.54) is 19.3 Å². The van der Waals surface area contributed by atoms with Crippen LogP contribution in [0.3, 0.4) is 0 Å². The first kappa shape index (κ1) is 30.3. The monoisotopic (exact) mass is 563 g/mol. The van der Waals surface area contributed by atoms with Gasteiger partial charge in [-0.1, -0.05) is 48.9 Å². The molecule has 0 aliphatic heterocycles. The predicted octanol–water partition coefficient (Wildman–Crippen LogP) is 7.32. The van der Waals surface area contributed by atoms with Crippen LogP contribution in [0.1, 0.15) is 42.4 Å². The minimum Gasteiger partial charge on any atom is -0.497 e. The molecular formula is C30H33ClF3NO4. The fourth-order valence-corrected chi connectivity index (χ4v) is 4.59. The largest absolute Gasteiger partial charge is 0.497 e. The van der Waals surface area contributed by atoms with Crippen molar-refractivity contribution >= 4 is 17.6 Å². The van der Waals surface area contributed by atoms with Gasteiger partial charge in [-0.05, 0) is 65.8 Å². The van der Waals surface area contributed by atoms with E-state index in [2.05, 4.69) is 16.6 Å². The molecule has 0 amide bonds. The normalized spacial score (nSPS) is 15.3. The van der Waals surface area contributed by atoms with Crippen LogP contribution in [0.25, 0.3) is 0 Å². The van der Waals surface area contributed by atoms with Crippen LogP contribution >= 0.6 is 11.6 Å². The molecule has 0 fully saturated rings. The van der Waals surface area contributed by atoms with E-state index < -0.39 is 17.7 Å². The first-order valence-electron chi connectivity index (χ1n) is 12.6. The van der Waals surface area contributed by atoms with Crippen LogP contribution < -0.4 is 4.74 Å². The molecule has 5 nitrogen and oxygen atoms in total. The van der Waals surface area contributed by atoms with Gasteiger partial charge in [0.25, 0.3) is 0 Å². The minimum absolute atomic E-state index is 0.108. The van der Waals surface area contributed by atoms with Crippen LogP contribution in [0.4, 0.5) is 13.2 Å². The zero-order valence-corrected chi connectivity index (χ0v) is 23.0. The van der Waals surface area contributed by atoms with Crippen molar-refractivity contribution in [1.82, 2.24) is 4.90 Å². The molecule has 1 atom stereocenters. The number of alkyl halides is 3. The van der Waals surface area contributed by atoms with Gasteiger partial charge in [-0.2, -0.15) is 13.2 Å². The van der Waals surface area contributed by atoms with E-state index in [1.807, 2.05) is 36.4 Å². The fraction of sp³-hybridized carbons (Fsp3) is 0.367. The number of allylic oxidation sites excluding steroid dienone is 4. The van der Waals surface area contributed by atoms with Gasteiger partial charge in [0.15, 0.2) is 0 Å². The number of esters is 1. The summed E-state index contributed by atoms with van der Waals surface area (Å²) < 4.78 is 56.1. The lowest BCUT2D eigenvalue weighted by Gasteiger charge is -2.27. The molecule has 1 aliphatic carbocycles. The van der Waals surface area contributed by atoms with Gasteiger partial charge in [0.1, 0.15) is 11.5 Å². The molecule has 0 N–H and O–H groups in total. The third-order valence-corrected chi connectivity index (χ3v) is 6.80. The SMILES string of the molecule is COC(=O)C=C1C=C(OCCCN(Cc2cccc(C(F)(F)F)c2Cl)CC(C)c2ccc(OC)cc2)C=CC1. The maximum absolute atomic E-state index is 13.4. The Balaban J connectivity index is 1.69. The number of nitrogens with zero attached hydrogens (tertiary/aromatic N) is 1. The molecule has 0 saturated heterocycles. The Labute approximate surface area is 232 Å². The highest BCUT2D eigenvalue weighted by molar-refractivity contribution is 6.32. The summed E-state index contributed by atoms with van der Waals surface area (Å²) in [6, 6.07) is 11.8. The van der Waals surface area contributed by atoms with Crippen LogP contribution in [0.15, 0.2) is 78.1 Å². The maximum Gasteiger partial charge on any atom is 0.417 e. The molecule has 2 aromatic rings. The Bertz CT molecular complexity index is 1210. The Morgan fingerprint density at radius 1 is 1.15 bits per heavy atom. The van der Waals surface area contributed by atoms with Crippen LogP contribution in [0.5, 0.6) is 5.75 Å². The number of methoxy groups -OCH3 is 2. The van der Waals surface area contributed by atoms with Gasteiger partial charge in [0, 0.05) is 25.7 Å². The van der Waals surface area contributed by atoms with Gasteiger partial charge in [-0.15, -0.1) is 0 Å². The molecular weight excluding hydrogens is 531 g/mol. The van der Waals surface area contributed by atoms with Crippen LogP contribution in [-0.4, -0.2) is 44.8 Å². The number of rotatable bonds is 12. The van der Waals surface area contributed by atoms with Gasteiger partial charge >= 0.3 is 12.1 Å². The standard InChI is InChI=1S/C30H33ClF3NO4/c1-21(23-11-13-25(37-2)14-12-23)19-35(20-24-8-5-10-27(29(24)31)30(32,33)34)15-6-16-39-26-9-4-7-22(17-26)18-28(36)38-3/h4-5,8-14,17-18,21H,6-7,15-16,19-20H2,1-3H3. The summed E-state index contributed by atoms with van der Waals surface area (Å²) in [6.45, 7) is 3.91. The highest BCUT2D eigenvalue weighted by atomic mass is 35.5. The highest BCUT2D eigenvalue weighted by Crippen LogP contribution is 2.36. The molecule has 1 unspecified atom stereocenters. The number of carbonyl (C=O) groups excluding carboxylic acids is 1. The second-order valence-corrected chi connectivity index (χ2v) is 9.66. The predicted molar refractivity (Wildman–Crippen MR) is 146 cm³/mol. The molecule has 210 valence electrons.